The molecule has 3 heteroatoms. The molecular formula is C11H14O3. The molecule has 0 heterocycles. The lowest BCUT2D eigenvalue weighted by atomic mass is 10.00. The van der Waals surface area contributed by atoms with Gasteiger partial charge in [0.05, 0.1) is 6.61 Å². The third-order valence-electron chi connectivity index (χ3n) is 1.88. The summed E-state index contributed by atoms with van der Waals surface area (Å²) in [6.07, 6.45) is 9.12. The van der Waals surface area contributed by atoms with Crippen LogP contribution >= 0.6 is 0 Å². The lowest BCUT2D eigenvalue weighted by molar-refractivity contribution is -0.137. The van der Waals surface area contributed by atoms with Gasteiger partial charge in [-0.2, -0.15) is 0 Å². The minimum atomic E-state index is -0.320. The molecule has 0 amide bonds. The van der Waals surface area contributed by atoms with Gasteiger partial charge in [0, 0.05) is 6.08 Å². The first kappa shape index (κ1) is 10.6. The summed E-state index contributed by atoms with van der Waals surface area (Å²) >= 11 is 0. The van der Waals surface area contributed by atoms with E-state index in [0.29, 0.717) is 6.61 Å². The second kappa shape index (κ2) is 5.27. The van der Waals surface area contributed by atoms with Gasteiger partial charge in [0.25, 0.3) is 0 Å². The molecule has 0 aromatic heterocycles. The Morgan fingerprint density at radius 1 is 1.79 bits per heavy atom. The van der Waals surface area contributed by atoms with Crippen LogP contribution in [0.3, 0.4) is 0 Å². The fraction of sp³-hybridized carbons (Fsp3) is 0.364. The number of aliphatic hydroxyl groups is 1. The van der Waals surface area contributed by atoms with E-state index < -0.39 is 0 Å². The van der Waals surface area contributed by atoms with Crippen molar-refractivity contribution in [3.63, 3.8) is 0 Å². The maximum Gasteiger partial charge on any atom is 0.330 e. The van der Waals surface area contributed by atoms with E-state index in [1.807, 2.05) is 6.08 Å². The van der Waals surface area contributed by atoms with Crippen molar-refractivity contribution in [3.05, 3.63) is 36.1 Å². The maximum absolute atomic E-state index is 11.0. The van der Waals surface area contributed by atoms with Crippen LogP contribution in [0, 0.1) is 5.92 Å². The minimum Gasteiger partial charge on any atom is -0.508 e. The summed E-state index contributed by atoms with van der Waals surface area (Å²) in [5.41, 5.74) is 0. The highest BCUT2D eigenvalue weighted by atomic mass is 16.5. The van der Waals surface area contributed by atoms with E-state index in [2.05, 4.69) is 0 Å². The first-order chi connectivity index (χ1) is 6.72. The highest BCUT2D eigenvalue weighted by molar-refractivity contribution is 5.81. The number of hydrogen-bond acceptors (Lipinski definition) is 3. The zero-order valence-electron chi connectivity index (χ0n) is 8.14. The van der Waals surface area contributed by atoms with E-state index in [1.54, 1.807) is 25.2 Å². The van der Waals surface area contributed by atoms with E-state index in [0.717, 1.165) is 6.42 Å². The molecule has 76 valence electrons. The summed E-state index contributed by atoms with van der Waals surface area (Å²) in [5.74, 6) is 0.140. The van der Waals surface area contributed by atoms with Crippen molar-refractivity contribution < 1.29 is 14.6 Å². The first-order valence-corrected chi connectivity index (χ1v) is 4.64. The van der Waals surface area contributed by atoms with Crippen molar-refractivity contribution in [2.24, 2.45) is 5.92 Å². The lowest BCUT2D eigenvalue weighted by Crippen LogP contribution is -2.01. The molecule has 1 atom stereocenters. The number of rotatable bonds is 3. The zero-order valence-corrected chi connectivity index (χ0v) is 8.14. The molecule has 0 bridgehead atoms. The highest BCUT2D eigenvalue weighted by Gasteiger charge is 2.05. The average Bonchev–Trinajstić information content (AvgIpc) is 2.17. The van der Waals surface area contributed by atoms with Crippen LogP contribution in [0.4, 0.5) is 0 Å². The van der Waals surface area contributed by atoms with Gasteiger partial charge in [0.15, 0.2) is 0 Å². The topological polar surface area (TPSA) is 46.5 Å². The van der Waals surface area contributed by atoms with E-state index in [1.165, 1.54) is 6.08 Å². The van der Waals surface area contributed by atoms with Gasteiger partial charge in [-0.05, 0) is 31.4 Å². The van der Waals surface area contributed by atoms with E-state index in [4.69, 9.17) is 9.84 Å². The summed E-state index contributed by atoms with van der Waals surface area (Å²) in [7, 11) is 0. The van der Waals surface area contributed by atoms with E-state index in [-0.39, 0.29) is 17.6 Å². The van der Waals surface area contributed by atoms with Crippen molar-refractivity contribution >= 4 is 5.97 Å². The number of carbonyl (C=O) groups is 1. The van der Waals surface area contributed by atoms with Crippen LogP contribution in [-0.4, -0.2) is 17.7 Å². The lowest BCUT2D eigenvalue weighted by Gasteiger charge is -2.08. The van der Waals surface area contributed by atoms with Crippen molar-refractivity contribution in [3.8, 4) is 0 Å². The molecule has 0 radical (unpaired) electrons. The maximum atomic E-state index is 11.0. The Balaban J connectivity index is 2.39. The number of allylic oxidation sites excluding steroid dienone is 4. The summed E-state index contributed by atoms with van der Waals surface area (Å²) in [6.45, 7) is 2.16. The van der Waals surface area contributed by atoms with Crippen LogP contribution in [0.2, 0.25) is 0 Å². The normalized spacial score (nSPS) is 20.9. The fourth-order valence-corrected chi connectivity index (χ4v) is 1.16. The predicted molar refractivity (Wildman–Crippen MR) is 53.7 cm³/mol. The first-order valence-electron chi connectivity index (χ1n) is 4.64. The van der Waals surface area contributed by atoms with Gasteiger partial charge in [-0.3, -0.25) is 0 Å². The van der Waals surface area contributed by atoms with Gasteiger partial charge < -0.3 is 9.84 Å². The van der Waals surface area contributed by atoms with Crippen molar-refractivity contribution in [2.45, 2.75) is 13.3 Å². The number of ether oxygens (including phenoxy) is 1. The van der Waals surface area contributed by atoms with Crippen molar-refractivity contribution in [1.29, 1.82) is 0 Å². The molecule has 0 aromatic carbocycles. The predicted octanol–water partition coefficient (Wildman–Crippen LogP) is 2.12. The molecule has 1 unspecified atom stereocenters. The van der Waals surface area contributed by atoms with Gasteiger partial charge in [0.1, 0.15) is 5.76 Å². The molecular weight excluding hydrogens is 180 g/mol. The Bertz CT molecular complexity index is 287. The van der Waals surface area contributed by atoms with Gasteiger partial charge >= 0.3 is 5.97 Å². The molecule has 1 aliphatic rings. The van der Waals surface area contributed by atoms with Gasteiger partial charge in [-0.25, -0.2) is 4.79 Å². The third kappa shape index (κ3) is 3.47. The van der Waals surface area contributed by atoms with Gasteiger partial charge in [-0.15, -0.1) is 0 Å². The molecule has 1 N–H and O–H groups in total. The quantitative estimate of drug-likeness (QED) is 0.553. The van der Waals surface area contributed by atoms with Crippen LogP contribution in [0.15, 0.2) is 36.1 Å². The second-order valence-electron chi connectivity index (χ2n) is 3.00. The Morgan fingerprint density at radius 3 is 3.14 bits per heavy atom. The SMILES string of the molecule is CCOC(=O)/C=C/C1C=CC(O)=CC1. The molecule has 1 rings (SSSR count). The van der Waals surface area contributed by atoms with Crippen molar-refractivity contribution in [1.82, 2.24) is 0 Å². The largest absolute Gasteiger partial charge is 0.508 e. The zero-order chi connectivity index (χ0) is 10.4. The Hall–Kier alpha value is -1.51. The van der Waals surface area contributed by atoms with Gasteiger partial charge in [0.2, 0.25) is 0 Å². The summed E-state index contributed by atoms with van der Waals surface area (Å²) < 4.78 is 4.74. The molecule has 0 saturated carbocycles. The van der Waals surface area contributed by atoms with E-state index in [9.17, 15) is 4.79 Å². The molecule has 0 aromatic rings. The molecule has 3 nitrogen and oxygen atoms in total. The van der Waals surface area contributed by atoms with Crippen LogP contribution in [0.5, 0.6) is 0 Å². The molecule has 14 heavy (non-hydrogen) atoms. The molecule has 0 fully saturated rings. The molecule has 0 saturated heterocycles. The monoisotopic (exact) mass is 194 g/mol. The third-order valence-corrected chi connectivity index (χ3v) is 1.88. The van der Waals surface area contributed by atoms with Crippen LogP contribution in [-0.2, 0) is 9.53 Å². The average molecular weight is 194 g/mol. The van der Waals surface area contributed by atoms with E-state index >= 15 is 0 Å². The summed E-state index contributed by atoms with van der Waals surface area (Å²) in [4.78, 5) is 11.0. The molecule has 0 spiro atoms. The number of hydrogen-bond donors (Lipinski definition) is 1. The van der Waals surface area contributed by atoms with Crippen molar-refractivity contribution in [2.75, 3.05) is 6.61 Å². The number of aliphatic hydroxyl groups excluding tert-OH is 1. The fourth-order valence-electron chi connectivity index (χ4n) is 1.16. The molecule has 1 aliphatic carbocycles. The summed E-state index contributed by atoms with van der Waals surface area (Å²) in [5, 5.41) is 9.05. The summed E-state index contributed by atoms with van der Waals surface area (Å²) in [6, 6.07) is 0. The highest BCUT2D eigenvalue weighted by Crippen LogP contribution is 2.15. The Kier molecular flexibility index (Phi) is 3.98. The second-order valence-corrected chi connectivity index (χ2v) is 3.00. The Morgan fingerprint density at radius 2 is 2.57 bits per heavy atom. The smallest absolute Gasteiger partial charge is 0.330 e. The molecule has 0 aliphatic heterocycles. The van der Waals surface area contributed by atoms with Crippen LogP contribution in [0.1, 0.15) is 13.3 Å². The standard InChI is InChI=1S/C11H14O3/c1-2-14-11(13)8-5-9-3-6-10(12)7-4-9/h3,5-9,12H,2,4H2,1H3/b8-5+. The minimum absolute atomic E-state index is 0.176. The van der Waals surface area contributed by atoms with Crippen LogP contribution < -0.4 is 0 Å². The number of carbonyl (C=O) groups excluding carboxylic acids is 1. The van der Waals surface area contributed by atoms with Gasteiger partial charge in [-0.1, -0.05) is 12.2 Å². The number of esters is 1. The van der Waals surface area contributed by atoms with Crippen LogP contribution in [0.25, 0.3) is 0 Å². The Labute approximate surface area is 83.4 Å².